The van der Waals surface area contributed by atoms with Crippen molar-refractivity contribution < 1.29 is 9.84 Å². The Morgan fingerprint density at radius 3 is 2.92 bits per heavy atom. The van der Waals surface area contributed by atoms with Crippen molar-refractivity contribution in [3.05, 3.63) is 0 Å². The van der Waals surface area contributed by atoms with Crippen molar-refractivity contribution in [2.24, 2.45) is 11.8 Å². The van der Waals surface area contributed by atoms with E-state index in [-0.39, 0.29) is 6.10 Å². The van der Waals surface area contributed by atoms with Gasteiger partial charge in [0.25, 0.3) is 0 Å². The summed E-state index contributed by atoms with van der Waals surface area (Å²) in [6, 6.07) is 0. The van der Waals surface area contributed by atoms with E-state index < -0.39 is 0 Å². The molecule has 0 aromatic heterocycles. The molecule has 2 heteroatoms. The molecule has 1 aliphatic heterocycles. The van der Waals surface area contributed by atoms with E-state index in [2.05, 4.69) is 13.8 Å². The maximum absolute atomic E-state index is 9.69. The zero-order valence-electron chi connectivity index (χ0n) is 8.12. The molecular weight excluding hydrogens is 152 g/mol. The van der Waals surface area contributed by atoms with Crippen LogP contribution >= 0.6 is 0 Å². The van der Waals surface area contributed by atoms with Gasteiger partial charge in [-0.05, 0) is 12.3 Å². The van der Waals surface area contributed by atoms with Crippen LogP contribution in [0.5, 0.6) is 0 Å². The summed E-state index contributed by atoms with van der Waals surface area (Å²) in [5.41, 5.74) is 0. The highest BCUT2D eigenvalue weighted by molar-refractivity contribution is 4.76. The summed E-state index contributed by atoms with van der Waals surface area (Å²) in [4.78, 5) is 0. The topological polar surface area (TPSA) is 29.5 Å². The molecule has 72 valence electrons. The van der Waals surface area contributed by atoms with Crippen molar-refractivity contribution in [2.75, 3.05) is 13.2 Å². The third-order valence-corrected chi connectivity index (χ3v) is 2.84. The second kappa shape index (κ2) is 4.83. The van der Waals surface area contributed by atoms with E-state index in [9.17, 15) is 5.11 Å². The fraction of sp³-hybridized carbons (Fsp3) is 1.00. The lowest BCUT2D eigenvalue weighted by molar-refractivity contribution is -0.0560. The minimum absolute atomic E-state index is 0.125. The summed E-state index contributed by atoms with van der Waals surface area (Å²) in [5, 5.41) is 9.69. The molecule has 1 N–H and O–H groups in total. The van der Waals surface area contributed by atoms with Gasteiger partial charge in [0.2, 0.25) is 0 Å². The fourth-order valence-electron chi connectivity index (χ4n) is 1.96. The Bertz CT molecular complexity index is 125. The highest BCUT2D eigenvalue weighted by Crippen LogP contribution is 2.25. The van der Waals surface area contributed by atoms with Crippen molar-refractivity contribution in [1.29, 1.82) is 0 Å². The van der Waals surface area contributed by atoms with E-state index in [0.29, 0.717) is 11.8 Å². The summed E-state index contributed by atoms with van der Waals surface area (Å²) in [5.74, 6) is 0.976. The van der Waals surface area contributed by atoms with E-state index in [1.165, 1.54) is 12.8 Å². The van der Waals surface area contributed by atoms with Gasteiger partial charge in [-0.2, -0.15) is 0 Å². The molecule has 0 saturated carbocycles. The van der Waals surface area contributed by atoms with Crippen LogP contribution in [0.15, 0.2) is 0 Å². The average Bonchev–Trinajstić information content (AvgIpc) is 2.05. The molecule has 0 amide bonds. The zero-order chi connectivity index (χ0) is 8.97. The second-order valence-electron chi connectivity index (χ2n) is 3.86. The molecule has 0 spiro atoms. The summed E-state index contributed by atoms with van der Waals surface area (Å²) in [6.45, 7) is 5.89. The van der Waals surface area contributed by atoms with Crippen LogP contribution in [0.2, 0.25) is 0 Å². The standard InChI is InChI=1S/C10H20O2/c1-3-4-8(2)9-7-12-6-5-10(9)11/h8-11H,3-7H2,1-2H3. The SMILES string of the molecule is CCCC(C)C1COCCC1O. The molecule has 0 aromatic rings. The smallest absolute Gasteiger partial charge is 0.0614 e. The van der Waals surface area contributed by atoms with Gasteiger partial charge >= 0.3 is 0 Å². The summed E-state index contributed by atoms with van der Waals surface area (Å²) < 4.78 is 5.36. The Kier molecular flexibility index (Phi) is 4.02. The van der Waals surface area contributed by atoms with Crippen LogP contribution in [0.3, 0.4) is 0 Å². The van der Waals surface area contributed by atoms with E-state index in [1.807, 2.05) is 0 Å². The van der Waals surface area contributed by atoms with Gasteiger partial charge in [0.15, 0.2) is 0 Å². The first kappa shape index (κ1) is 10.0. The predicted molar refractivity (Wildman–Crippen MR) is 49.0 cm³/mol. The van der Waals surface area contributed by atoms with Crippen molar-refractivity contribution in [1.82, 2.24) is 0 Å². The molecule has 1 fully saturated rings. The lowest BCUT2D eigenvalue weighted by Gasteiger charge is -2.32. The third-order valence-electron chi connectivity index (χ3n) is 2.84. The molecule has 3 unspecified atom stereocenters. The molecule has 12 heavy (non-hydrogen) atoms. The molecule has 1 rings (SSSR count). The van der Waals surface area contributed by atoms with Crippen molar-refractivity contribution in [2.45, 2.75) is 39.2 Å². The number of ether oxygens (including phenoxy) is 1. The Morgan fingerprint density at radius 1 is 1.58 bits per heavy atom. The number of hydrogen-bond donors (Lipinski definition) is 1. The number of aliphatic hydroxyl groups is 1. The molecule has 0 aliphatic carbocycles. The van der Waals surface area contributed by atoms with E-state index in [4.69, 9.17) is 4.74 Å². The van der Waals surface area contributed by atoms with Crippen LogP contribution in [0.1, 0.15) is 33.1 Å². The van der Waals surface area contributed by atoms with Gasteiger partial charge in [-0.3, -0.25) is 0 Å². The Balaban J connectivity index is 2.36. The monoisotopic (exact) mass is 172 g/mol. The maximum Gasteiger partial charge on any atom is 0.0614 e. The lowest BCUT2D eigenvalue weighted by atomic mass is 9.84. The minimum atomic E-state index is -0.125. The van der Waals surface area contributed by atoms with Gasteiger partial charge < -0.3 is 9.84 Å². The van der Waals surface area contributed by atoms with Crippen LogP contribution in [-0.4, -0.2) is 24.4 Å². The molecule has 1 aliphatic rings. The Labute approximate surface area is 74.9 Å². The Morgan fingerprint density at radius 2 is 2.33 bits per heavy atom. The fourth-order valence-corrected chi connectivity index (χ4v) is 1.96. The van der Waals surface area contributed by atoms with Crippen LogP contribution in [0.25, 0.3) is 0 Å². The lowest BCUT2D eigenvalue weighted by Crippen LogP contribution is -2.36. The first-order valence-corrected chi connectivity index (χ1v) is 5.01. The van der Waals surface area contributed by atoms with Crippen LogP contribution in [-0.2, 0) is 4.74 Å². The highest BCUT2D eigenvalue weighted by atomic mass is 16.5. The molecular formula is C10H20O2. The zero-order valence-corrected chi connectivity index (χ0v) is 8.12. The van der Waals surface area contributed by atoms with Gasteiger partial charge in [0, 0.05) is 12.5 Å². The number of hydrogen-bond acceptors (Lipinski definition) is 2. The molecule has 3 atom stereocenters. The van der Waals surface area contributed by atoms with E-state index in [0.717, 1.165) is 19.6 Å². The predicted octanol–water partition coefficient (Wildman–Crippen LogP) is 1.82. The second-order valence-corrected chi connectivity index (χ2v) is 3.86. The molecule has 1 saturated heterocycles. The molecule has 0 bridgehead atoms. The molecule has 1 heterocycles. The Hall–Kier alpha value is -0.0800. The molecule has 0 radical (unpaired) electrons. The van der Waals surface area contributed by atoms with Gasteiger partial charge in [-0.15, -0.1) is 0 Å². The van der Waals surface area contributed by atoms with Crippen molar-refractivity contribution in [3.63, 3.8) is 0 Å². The minimum Gasteiger partial charge on any atom is -0.393 e. The van der Waals surface area contributed by atoms with Gasteiger partial charge in [-0.1, -0.05) is 26.7 Å². The highest BCUT2D eigenvalue weighted by Gasteiger charge is 2.27. The number of aliphatic hydroxyl groups excluding tert-OH is 1. The normalized spacial score (nSPS) is 33.2. The van der Waals surface area contributed by atoms with Crippen molar-refractivity contribution >= 4 is 0 Å². The van der Waals surface area contributed by atoms with E-state index in [1.54, 1.807) is 0 Å². The third kappa shape index (κ3) is 2.46. The quantitative estimate of drug-likeness (QED) is 0.703. The van der Waals surface area contributed by atoms with Gasteiger partial charge in [-0.25, -0.2) is 0 Å². The van der Waals surface area contributed by atoms with Gasteiger partial charge in [0.1, 0.15) is 0 Å². The molecule has 0 aromatic carbocycles. The van der Waals surface area contributed by atoms with E-state index >= 15 is 0 Å². The van der Waals surface area contributed by atoms with Crippen LogP contribution < -0.4 is 0 Å². The maximum atomic E-state index is 9.69. The first-order chi connectivity index (χ1) is 5.75. The van der Waals surface area contributed by atoms with Crippen LogP contribution in [0, 0.1) is 11.8 Å². The number of rotatable bonds is 3. The average molecular weight is 172 g/mol. The first-order valence-electron chi connectivity index (χ1n) is 5.01. The largest absolute Gasteiger partial charge is 0.393 e. The summed E-state index contributed by atoms with van der Waals surface area (Å²) in [6.07, 6.45) is 3.09. The van der Waals surface area contributed by atoms with Crippen molar-refractivity contribution in [3.8, 4) is 0 Å². The molecule has 2 nitrogen and oxygen atoms in total. The van der Waals surface area contributed by atoms with Gasteiger partial charge in [0.05, 0.1) is 12.7 Å². The van der Waals surface area contributed by atoms with Crippen LogP contribution in [0.4, 0.5) is 0 Å². The summed E-state index contributed by atoms with van der Waals surface area (Å²) in [7, 11) is 0. The summed E-state index contributed by atoms with van der Waals surface area (Å²) >= 11 is 0.